The predicted molar refractivity (Wildman–Crippen MR) is 50.7 cm³/mol. The molecule has 0 amide bonds. The van der Waals surface area contributed by atoms with Crippen molar-refractivity contribution in [3.63, 3.8) is 0 Å². The lowest BCUT2D eigenvalue weighted by Crippen LogP contribution is -1.73. The van der Waals surface area contributed by atoms with E-state index in [0.717, 1.165) is 27.5 Å². The topological polar surface area (TPSA) is 26.3 Å². The van der Waals surface area contributed by atoms with Gasteiger partial charge in [-0.3, -0.25) is 0 Å². The number of hydrogen-bond donors (Lipinski definition) is 0. The summed E-state index contributed by atoms with van der Waals surface area (Å²) < 4.78 is 10.7. The highest BCUT2D eigenvalue weighted by molar-refractivity contribution is 6.05. The van der Waals surface area contributed by atoms with E-state index in [9.17, 15) is 0 Å². The molecule has 2 aromatic heterocycles. The molecule has 0 aliphatic rings. The zero-order chi connectivity index (χ0) is 8.84. The summed E-state index contributed by atoms with van der Waals surface area (Å²) in [7, 11) is 0. The highest BCUT2D eigenvalue weighted by atomic mass is 16.3. The zero-order valence-corrected chi connectivity index (χ0v) is 7.20. The van der Waals surface area contributed by atoms with Gasteiger partial charge < -0.3 is 8.83 Å². The average molecular weight is 172 g/mol. The van der Waals surface area contributed by atoms with Crippen LogP contribution >= 0.6 is 0 Å². The molecule has 0 N–H and O–H groups in total. The third kappa shape index (κ3) is 0.773. The van der Waals surface area contributed by atoms with E-state index in [0.29, 0.717) is 0 Å². The van der Waals surface area contributed by atoms with E-state index in [4.69, 9.17) is 8.83 Å². The van der Waals surface area contributed by atoms with Gasteiger partial charge in [0.1, 0.15) is 11.2 Å². The lowest BCUT2D eigenvalue weighted by molar-refractivity contribution is 0.608. The van der Waals surface area contributed by atoms with Crippen molar-refractivity contribution in [3.05, 3.63) is 36.3 Å². The standard InChI is InChI=1S/C11H8O2/c1-7-6-10-8(2-4-12-10)9-3-5-13-11(7)9/h2-6H,1H3. The van der Waals surface area contributed by atoms with Crippen LogP contribution in [0.25, 0.3) is 21.9 Å². The fraction of sp³-hybridized carbons (Fsp3) is 0.0909. The molecule has 0 aliphatic heterocycles. The third-order valence-corrected chi connectivity index (χ3v) is 2.36. The van der Waals surface area contributed by atoms with Crippen LogP contribution in [-0.2, 0) is 0 Å². The minimum Gasteiger partial charge on any atom is -0.464 e. The zero-order valence-electron chi connectivity index (χ0n) is 7.20. The van der Waals surface area contributed by atoms with Gasteiger partial charge in [-0.25, -0.2) is 0 Å². The first-order valence-corrected chi connectivity index (χ1v) is 4.20. The summed E-state index contributed by atoms with van der Waals surface area (Å²) in [5, 5.41) is 2.25. The molecule has 13 heavy (non-hydrogen) atoms. The minimum absolute atomic E-state index is 0.923. The van der Waals surface area contributed by atoms with E-state index in [1.54, 1.807) is 12.5 Å². The maximum atomic E-state index is 5.38. The minimum atomic E-state index is 0.923. The smallest absolute Gasteiger partial charge is 0.137 e. The van der Waals surface area contributed by atoms with Crippen molar-refractivity contribution < 1.29 is 8.83 Å². The molecule has 0 saturated heterocycles. The molecule has 2 heterocycles. The predicted octanol–water partition coefficient (Wildman–Crippen LogP) is 3.49. The van der Waals surface area contributed by atoms with Crippen molar-refractivity contribution in [1.29, 1.82) is 0 Å². The van der Waals surface area contributed by atoms with E-state index in [1.165, 1.54) is 0 Å². The van der Waals surface area contributed by atoms with Crippen LogP contribution in [0.3, 0.4) is 0 Å². The SMILES string of the molecule is Cc1cc2occc2c2ccoc12. The molecule has 64 valence electrons. The van der Waals surface area contributed by atoms with Crippen LogP contribution in [0.1, 0.15) is 5.56 Å². The Hall–Kier alpha value is -1.70. The molecule has 1 aromatic carbocycles. The van der Waals surface area contributed by atoms with Crippen molar-refractivity contribution in [2.45, 2.75) is 6.92 Å². The Kier molecular flexibility index (Phi) is 1.13. The first kappa shape index (κ1) is 6.78. The van der Waals surface area contributed by atoms with E-state index < -0.39 is 0 Å². The summed E-state index contributed by atoms with van der Waals surface area (Å²) in [6, 6.07) is 5.94. The van der Waals surface area contributed by atoms with Gasteiger partial charge in [-0.2, -0.15) is 0 Å². The van der Waals surface area contributed by atoms with Crippen LogP contribution in [-0.4, -0.2) is 0 Å². The van der Waals surface area contributed by atoms with Gasteiger partial charge in [-0.15, -0.1) is 0 Å². The quantitative estimate of drug-likeness (QED) is 0.518. The van der Waals surface area contributed by atoms with E-state index in [-0.39, 0.29) is 0 Å². The first-order chi connectivity index (χ1) is 6.36. The number of rotatable bonds is 0. The molecule has 0 fully saturated rings. The Balaban J connectivity index is 2.70. The summed E-state index contributed by atoms with van der Waals surface area (Å²) in [4.78, 5) is 0. The van der Waals surface area contributed by atoms with Crippen molar-refractivity contribution in [1.82, 2.24) is 0 Å². The van der Waals surface area contributed by atoms with Gasteiger partial charge >= 0.3 is 0 Å². The molecule has 0 saturated carbocycles. The van der Waals surface area contributed by atoms with E-state index in [2.05, 4.69) is 0 Å². The van der Waals surface area contributed by atoms with Gasteiger partial charge in [0.2, 0.25) is 0 Å². The Morgan fingerprint density at radius 1 is 1.00 bits per heavy atom. The maximum Gasteiger partial charge on any atom is 0.137 e. The number of benzene rings is 1. The molecule has 0 unspecified atom stereocenters. The first-order valence-electron chi connectivity index (χ1n) is 4.20. The van der Waals surface area contributed by atoms with Crippen LogP contribution in [0, 0.1) is 6.92 Å². The van der Waals surface area contributed by atoms with Crippen LogP contribution in [0.2, 0.25) is 0 Å². The second kappa shape index (κ2) is 2.16. The van der Waals surface area contributed by atoms with Gasteiger partial charge in [0, 0.05) is 10.8 Å². The Labute approximate surface area is 74.7 Å². The second-order valence-electron chi connectivity index (χ2n) is 3.19. The van der Waals surface area contributed by atoms with Crippen molar-refractivity contribution in [2.24, 2.45) is 0 Å². The van der Waals surface area contributed by atoms with Crippen molar-refractivity contribution in [3.8, 4) is 0 Å². The maximum absolute atomic E-state index is 5.38. The lowest BCUT2D eigenvalue weighted by atomic mass is 10.1. The Bertz CT molecular complexity index is 572. The molecule has 3 rings (SSSR count). The molecule has 2 nitrogen and oxygen atoms in total. The molecular formula is C11H8O2. The number of furan rings is 2. The molecule has 0 radical (unpaired) electrons. The number of hydrogen-bond acceptors (Lipinski definition) is 2. The van der Waals surface area contributed by atoms with Crippen LogP contribution in [0.4, 0.5) is 0 Å². The average Bonchev–Trinajstić information content (AvgIpc) is 2.66. The monoisotopic (exact) mass is 172 g/mol. The van der Waals surface area contributed by atoms with Gasteiger partial charge in [-0.1, -0.05) is 0 Å². The fourth-order valence-corrected chi connectivity index (χ4v) is 1.74. The summed E-state index contributed by atoms with van der Waals surface area (Å²) in [5.41, 5.74) is 2.99. The summed E-state index contributed by atoms with van der Waals surface area (Å²) in [6.07, 6.45) is 3.42. The highest BCUT2D eigenvalue weighted by Crippen LogP contribution is 2.29. The molecule has 2 heteroatoms. The molecule has 0 atom stereocenters. The van der Waals surface area contributed by atoms with Crippen molar-refractivity contribution >= 4 is 21.9 Å². The molecule has 0 aliphatic carbocycles. The third-order valence-electron chi connectivity index (χ3n) is 2.36. The van der Waals surface area contributed by atoms with Gasteiger partial charge in [-0.05, 0) is 30.7 Å². The largest absolute Gasteiger partial charge is 0.464 e. The molecular weight excluding hydrogens is 164 g/mol. The van der Waals surface area contributed by atoms with E-state index in [1.807, 2.05) is 25.1 Å². The molecule has 0 bridgehead atoms. The van der Waals surface area contributed by atoms with Crippen LogP contribution in [0.15, 0.2) is 39.6 Å². The van der Waals surface area contributed by atoms with Gasteiger partial charge in [0.05, 0.1) is 12.5 Å². The highest BCUT2D eigenvalue weighted by Gasteiger charge is 2.07. The van der Waals surface area contributed by atoms with Gasteiger partial charge in [0.15, 0.2) is 0 Å². The number of fused-ring (bicyclic) bond motifs is 3. The summed E-state index contributed by atoms with van der Waals surface area (Å²) in [6.45, 7) is 2.02. The summed E-state index contributed by atoms with van der Waals surface area (Å²) >= 11 is 0. The Morgan fingerprint density at radius 3 is 2.69 bits per heavy atom. The van der Waals surface area contributed by atoms with E-state index >= 15 is 0 Å². The number of aryl methyl sites for hydroxylation is 1. The van der Waals surface area contributed by atoms with Crippen LogP contribution in [0.5, 0.6) is 0 Å². The Morgan fingerprint density at radius 2 is 1.77 bits per heavy atom. The second-order valence-corrected chi connectivity index (χ2v) is 3.19. The van der Waals surface area contributed by atoms with Gasteiger partial charge in [0.25, 0.3) is 0 Å². The normalized spacial score (nSPS) is 11.5. The molecule has 0 spiro atoms. The van der Waals surface area contributed by atoms with Crippen molar-refractivity contribution in [2.75, 3.05) is 0 Å². The van der Waals surface area contributed by atoms with Crippen LogP contribution < -0.4 is 0 Å². The molecule has 3 aromatic rings. The summed E-state index contributed by atoms with van der Waals surface area (Å²) in [5.74, 6) is 0. The lowest BCUT2D eigenvalue weighted by Gasteiger charge is -1.95. The fourth-order valence-electron chi connectivity index (χ4n) is 1.74.